The quantitative estimate of drug-likeness (QED) is 0.208. The van der Waals surface area contributed by atoms with Gasteiger partial charge in [-0.15, -0.1) is 0 Å². The lowest BCUT2D eigenvalue weighted by Crippen LogP contribution is -2.43. The van der Waals surface area contributed by atoms with Crippen molar-refractivity contribution in [2.24, 2.45) is 23.7 Å². The van der Waals surface area contributed by atoms with Crippen LogP contribution in [0.25, 0.3) is 0 Å². The Balaban J connectivity index is 1.34. The Morgan fingerprint density at radius 2 is 2.20 bits per heavy atom. The van der Waals surface area contributed by atoms with Crippen molar-refractivity contribution in [3.63, 3.8) is 0 Å². The fourth-order valence-electron chi connectivity index (χ4n) is 5.09. The zero-order valence-corrected chi connectivity index (χ0v) is 17.1. The molecule has 2 aliphatic rings. The van der Waals surface area contributed by atoms with E-state index in [1.54, 1.807) is 6.07 Å². The molecule has 4 rings (SSSR count). The molecule has 4 N–H and O–H groups in total. The molecule has 2 aromatic rings. The average molecular weight is 434 g/mol. The summed E-state index contributed by atoms with van der Waals surface area (Å²) >= 11 is 5.81. The standard InChI is InChI=1S/C21H25ClFN5O2/c22-21-25-10-18(23)20(27-21)26-19-16-8-13(17(19)11-29)7-14(16)9-24-5-4-12-2-1-3-15(6-12)28-30/h1-3,6,10-11,13-14,16-17,19,24,28,30H,4-5,7-9H2,(H,25,26,27). The van der Waals surface area contributed by atoms with Crippen LogP contribution in [-0.2, 0) is 11.2 Å². The van der Waals surface area contributed by atoms with Crippen molar-refractivity contribution in [1.29, 1.82) is 0 Å². The first-order valence-corrected chi connectivity index (χ1v) is 10.6. The Kier molecular flexibility index (Phi) is 6.46. The van der Waals surface area contributed by atoms with E-state index in [4.69, 9.17) is 16.8 Å². The highest BCUT2D eigenvalue weighted by Crippen LogP contribution is 2.51. The molecule has 5 unspecified atom stereocenters. The van der Waals surface area contributed by atoms with E-state index in [9.17, 15) is 9.18 Å². The van der Waals surface area contributed by atoms with Gasteiger partial charge in [0.2, 0.25) is 5.28 Å². The minimum atomic E-state index is -0.568. The fourth-order valence-corrected chi connectivity index (χ4v) is 5.22. The van der Waals surface area contributed by atoms with Gasteiger partial charge in [-0.25, -0.2) is 9.37 Å². The molecule has 2 bridgehead atoms. The van der Waals surface area contributed by atoms with Crippen LogP contribution in [0.4, 0.5) is 15.9 Å². The SMILES string of the molecule is O=CC1C2CC(CNCCc3cccc(NO)c3)C(C2)C1Nc1nc(Cl)ncc1F. The molecule has 160 valence electrons. The van der Waals surface area contributed by atoms with Crippen LogP contribution in [0.1, 0.15) is 18.4 Å². The first-order valence-electron chi connectivity index (χ1n) is 10.2. The molecule has 0 amide bonds. The van der Waals surface area contributed by atoms with Gasteiger partial charge < -0.3 is 15.4 Å². The minimum Gasteiger partial charge on any atom is -0.364 e. The number of anilines is 2. The number of hydrogen-bond donors (Lipinski definition) is 4. The van der Waals surface area contributed by atoms with Gasteiger partial charge in [-0.2, -0.15) is 4.98 Å². The molecule has 30 heavy (non-hydrogen) atoms. The Labute approximate surface area is 179 Å². The first kappa shape index (κ1) is 21.0. The summed E-state index contributed by atoms with van der Waals surface area (Å²) in [6, 6.07) is 7.49. The van der Waals surface area contributed by atoms with Crippen LogP contribution >= 0.6 is 11.6 Å². The van der Waals surface area contributed by atoms with E-state index in [0.717, 1.165) is 50.4 Å². The zero-order chi connectivity index (χ0) is 21.1. The number of carbonyl (C=O) groups is 1. The number of hydrogen-bond acceptors (Lipinski definition) is 7. The summed E-state index contributed by atoms with van der Waals surface area (Å²) in [7, 11) is 0. The Hall–Kier alpha value is -2.29. The van der Waals surface area contributed by atoms with E-state index in [1.165, 1.54) is 0 Å². The summed E-state index contributed by atoms with van der Waals surface area (Å²) in [4.78, 5) is 19.3. The number of aromatic nitrogens is 2. The molecule has 2 aliphatic carbocycles. The van der Waals surface area contributed by atoms with Crippen LogP contribution in [-0.4, -0.2) is 40.6 Å². The van der Waals surface area contributed by atoms with Crippen LogP contribution in [0.15, 0.2) is 30.5 Å². The van der Waals surface area contributed by atoms with Gasteiger partial charge >= 0.3 is 0 Å². The number of halogens is 2. The summed E-state index contributed by atoms with van der Waals surface area (Å²) in [5.74, 6) is 0.337. The number of nitrogens with one attached hydrogen (secondary N) is 3. The van der Waals surface area contributed by atoms with Gasteiger partial charge in [0.1, 0.15) is 6.29 Å². The van der Waals surface area contributed by atoms with Crippen molar-refractivity contribution in [2.75, 3.05) is 23.9 Å². The molecule has 7 nitrogen and oxygen atoms in total. The van der Waals surface area contributed by atoms with Gasteiger partial charge in [-0.05, 0) is 79.4 Å². The molecule has 1 heterocycles. The second kappa shape index (κ2) is 9.24. The second-order valence-electron chi connectivity index (χ2n) is 8.14. The average Bonchev–Trinajstić information content (AvgIpc) is 3.32. The van der Waals surface area contributed by atoms with E-state index in [-0.39, 0.29) is 29.0 Å². The van der Waals surface area contributed by atoms with Gasteiger partial charge in [0.25, 0.3) is 0 Å². The van der Waals surface area contributed by atoms with E-state index in [1.807, 2.05) is 18.2 Å². The van der Waals surface area contributed by atoms with Crippen LogP contribution in [0.2, 0.25) is 5.28 Å². The van der Waals surface area contributed by atoms with Crippen molar-refractivity contribution in [3.8, 4) is 0 Å². The monoisotopic (exact) mass is 433 g/mol. The van der Waals surface area contributed by atoms with Crippen LogP contribution < -0.4 is 16.1 Å². The Morgan fingerprint density at radius 1 is 1.33 bits per heavy atom. The van der Waals surface area contributed by atoms with Gasteiger partial charge in [-0.3, -0.25) is 10.7 Å². The highest BCUT2D eigenvalue weighted by Gasteiger charge is 2.52. The van der Waals surface area contributed by atoms with Gasteiger partial charge in [0, 0.05) is 12.0 Å². The molecule has 0 saturated heterocycles. The predicted octanol–water partition coefficient (Wildman–Crippen LogP) is 3.15. The molecule has 0 spiro atoms. The minimum absolute atomic E-state index is 0.0246. The summed E-state index contributed by atoms with van der Waals surface area (Å²) in [5, 5.41) is 15.6. The van der Waals surface area contributed by atoms with E-state index < -0.39 is 5.82 Å². The number of benzene rings is 1. The van der Waals surface area contributed by atoms with Crippen molar-refractivity contribution >= 4 is 29.4 Å². The maximum Gasteiger partial charge on any atom is 0.224 e. The van der Waals surface area contributed by atoms with Gasteiger partial charge in [0.15, 0.2) is 11.6 Å². The molecule has 1 aromatic carbocycles. The molecule has 0 radical (unpaired) electrons. The third-order valence-corrected chi connectivity index (χ3v) is 6.62. The third kappa shape index (κ3) is 4.40. The van der Waals surface area contributed by atoms with E-state index in [0.29, 0.717) is 17.5 Å². The molecule has 9 heteroatoms. The van der Waals surface area contributed by atoms with E-state index in [2.05, 4.69) is 26.1 Å². The van der Waals surface area contributed by atoms with Gasteiger partial charge in [0.05, 0.1) is 11.9 Å². The zero-order valence-electron chi connectivity index (χ0n) is 16.4. The molecule has 0 aliphatic heterocycles. The molecule has 2 saturated carbocycles. The first-order chi connectivity index (χ1) is 14.6. The summed E-state index contributed by atoms with van der Waals surface area (Å²) < 4.78 is 14.1. The lowest BCUT2D eigenvalue weighted by molar-refractivity contribution is -0.112. The van der Waals surface area contributed by atoms with Crippen LogP contribution in [0.3, 0.4) is 0 Å². The van der Waals surface area contributed by atoms with Gasteiger partial charge in [-0.1, -0.05) is 12.1 Å². The summed E-state index contributed by atoms with van der Waals surface area (Å²) in [6.45, 7) is 1.66. The van der Waals surface area contributed by atoms with Crippen molar-refractivity contribution in [2.45, 2.75) is 25.3 Å². The number of carbonyl (C=O) groups excluding carboxylic acids is 1. The largest absolute Gasteiger partial charge is 0.364 e. The lowest BCUT2D eigenvalue weighted by Gasteiger charge is -2.34. The topological polar surface area (TPSA) is 99.2 Å². The van der Waals surface area contributed by atoms with E-state index >= 15 is 0 Å². The molecular weight excluding hydrogens is 409 g/mol. The highest BCUT2D eigenvalue weighted by atomic mass is 35.5. The van der Waals surface area contributed by atoms with Crippen LogP contribution in [0, 0.1) is 29.5 Å². The lowest BCUT2D eigenvalue weighted by atomic mass is 9.78. The second-order valence-corrected chi connectivity index (χ2v) is 8.48. The molecule has 2 fully saturated rings. The Bertz CT molecular complexity index is 901. The maximum atomic E-state index is 14.1. The predicted molar refractivity (Wildman–Crippen MR) is 112 cm³/mol. The third-order valence-electron chi connectivity index (χ3n) is 6.43. The number of rotatable bonds is 9. The molecular formula is C21H25ClFN5O2. The smallest absolute Gasteiger partial charge is 0.224 e. The maximum absolute atomic E-state index is 14.1. The highest BCUT2D eigenvalue weighted by molar-refractivity contribution is 6.28. The van der Waals surface area contributed by atoms with Crippen molar-refractivity contribution in [1.82, 2.24) is 15.3 Å². The summed E-state index contributed by atoms with van der Waals surface area (Å²) in [6.07, 6.45) is 4.84. The summed E-state index contributed by atoms with van der Waals surface area (Å²) in [5.41, 5.74) is 3.97. The van der Waals surface area contributed by atoms with Crippen molar-refractivity contribution in [3.05, 3.63) is 47.1 Å². The number of nitrogens with zero attached hydrogens (tertiary/aromatic N) is 2. The van der Waals surface area contributed by atoms with Crippen LogP contribution in [0.5, 0.6) is 0 Å². The molecule has 5 atom stereocenters. The number of fused-ring (bicyclic) bond motifs is 2. The van der Waals surface area contributed by atoms with Crippen molar-refractivity contribution < 1.29 is 14.4 Å². The Morgan fingerprint density at radius 3 is 3.00 bits per heavy atom. The number of aldehydes is 1. The fraction of sp³-hybridized carbons (Fsp3) is 0.476. The molecule has 1 aromatic heterocycles. The normalized spacial score (nSPS) is 27.2.